The lowest BCUT2D eigenvalue weighted by Gasteiger charge is -2.10. The predicted molar refractivity (Wildman–Crippen MR) is 71.7 cm³/mol. The van der Waals surface area contributed by atoms with Crippen molar-refractivity contribution < 1.29 is 9.00 Å². The van der Waals surface area contributed by atoms with Gasteiger partial charge in [0.2, 0.25) is 5.91 Å². The highest BCUT2D eigenvalue weighted by Crippen LogP contribution is 2.19. The van der Waals surface area contributed by atoms with E-state index in [0.29, 0.717) is 13.0 Å². The molecule has 3 atom stereocenters. The first-order valence-electron chi connectivity index (χ1n) is 6.06. The molecule has 0 bridgehead atoms. The quantitative estimate of drug-likeness (QED) is 0.768. The lowest BCUT2D eigenvalue weighted by atomic mass is 10.2. The summed E-state index contributed by atoms with van der Waals surface area (Å²) in [4.78, 5) is 12.5. The van der Waals surface area contributed by atoms with Crippen molar-refractivity contribution in [2.45, 2.75) is 22.6 Å². The lowest BCUT2D eigenvalue weighted by molar-refractivity contribution is -0.122. The van der Waals surface area contributed by atoms with Crippen LogP contribution in [0, 0.1) is 11.3 Å². The Morgan fingerprint density at radius 2 is 2.21 bits per heavy atom. The molecule has 2 rings (SSSR count). The predicted octanol–water partition coefficient (Wildman–Crippen LogP) is 0.164. The number of carbonyl (C=O) groups is 1. The number of rotatable bonds is 4. The van der Waals surface area contributed by atoms with Crippen molar-refractivity contribution >= 4 is 16.7 Å². The molecule has 0 spiro atoms. The number of carbonyl (C=O) groups excluding carboxylic acids is 1. The Balaban J connectivity index is 1.94. The normalized spacial score (nSPS) is 23.5. The summed E-state index contributed by atoms with van der Waals surface area (Å²) >= 11 is 0. The maximum absolute atomic E-state index is 12.3. The molecule has 1 fully saturated rings. The van der Waals surface area contributed by atoms with Crippen LogP contribution in [-0.4, -0.2) is 34.5 Å². The summed E-state index contributed by atoms with van der Waals surface area (Å²) in [5.74, 6) is -0.200. The summed E-state index contributed by atoms with van der Waals surface area (Å²) < 4.78 is 12.3. The SMILES string of the molecule is N#CCNC(=O)[C@@H]1CC(S(=O)c2ccccc2)CN1. The minimum absolute atomic E-state index is 0.00343. The standard InChI is InChI=1S/C13H15N3O2S/c14-6-7-15-13(17)12-8-11(9-16-12)19(18)10-4-2-1-3-5-10/h1-5,11-12,16H,7-9H2,(H,15,17)/t11?,12-,19?/m0/s1. The van der Waals surface area contributed by atoms with E-state index in [1.165, 1.54) is 0 Å². The third-order valence-corrected chi connectivity index (χ3v) is 4.73. The van der Waals surface area contributed by atoms with Crippen LogP contribution in [0.2, 0.25) is 0 Å². The molecule has 0 aromatic heterocycles. The number of nitriles is 1. The van der Waals surface area contributed by atoms with Crippen molar-refractivity contribution in [2.24, 2.45) is 0 Å². The molecule has 5 nitrogen and oxygen atoms in total. The molecule has 1 aromatic carbocycles. The summed E-state index contributed by atoms with van der Waals surface area (Å²) in [5.41, 5.74) is 0. The van der Waals surface area contributed by atoms with Crippen molar-refractivity contribution in [3.05, 3.63) is 30.3 Å². The molecule has 0 saturated carbocycles. The molecule has 6 heteroatoms. The number of hydrogen-bond acceptors (Lipinski definition) is 4. The van der Waals surface area contributed by atoms with Crippen molar-refractivity contribution in [3.63, 3.8) is 0 Å². The molecule has 1 aliphatic rings. The maximum atomic E-state index is 12.3. The number of nitrogens with one attached hydrogen (secondary N) is 2. The lowest BCUT2D eigenvalue weighted by Crippen LogP contribution is -2.40. The smallest absolute Gasteiger partial charge is 0.238 e. The van der Waals surface area contributed by atoms with Crippen molar-refractivity contribution in [1.29, 1.82) is 5.26 Å². The highest BCUT2D eigenvalue weighted by atomic mass is 32.2. The minimum Gasteiger partial charge on any atom is -0.342 e. The third kappa shape index (κ3) is 3.40. The highest BCUT2D eigenvalue weighted by molar-refractivity contribution is 7.85. The van der Waals surface area contributed by atoms with E-state index in [1.54, 1.807) is 0 Å². The van der Waals surface area contributed by atoms with Crippen LogP contribution < -0.4 is 10.6 Å². The second-order valence-electron chi connectivity index (χ2n) is 4.30. The number of amides is 1. The summed E-state index contributed by atoms with van der Waals surface area (Å²) in [6.45, 7) is 0.551. The molecule has 1 aromatic rings. The van der Waals surface area contributed by atoms with Gasteiger partial charge in [-0.25, -0.2) is 0 Å². The second kappa shape index (κ2) is 6.45. The molecule has 2 unspecified atom stereocenters. The summed E-state index contributed by atoms with van der Waals surface area (Å²) in [5, 5.41) is 13.9. The number of hydrogen-bond donors (Lipinski definition) is 2. The molecule has 1 aliphatic heterocycles. The molecule has 1 amide bonds. The molecule has 2 N–H and O–H groups in total. The van der Waals surface area contributed by atoms with E-state index >= 15 is 0 Å². The molecule has 0 radical (unpaired) electrons. The van der Waals surface area contributed by atoms with Crippen LogP contribution in [0.5, 0.6) is 0 Å². The fraction of sp³-hybridized carbons (Fsp3) is 0.385. The first-order valence-corrected chi connectivity index (χ1v) is 7.27. The Kier molecular flexibility index (Phi) is 4.66. The van der Waals surface area contributed by atoms with Gasteiger partial charge in [-0.05, 0) is 18.6 Å². The molecular formula is C13H15N3O2S. The average Bonchev–Trinajstić information content (AvgIpc) is 2.94. The van der Waals surface area contributed by atoms with Gasteiger partial charge in [0.25, 0.3) is 0 Å². The fourth-order valence-electron chi connectivity index (χ4n) is 2.06. The number of nitrogens with zero attached hydrogens (tertiary/aromatic N) is 1. The van der Waals surface area contributed by atoms with Crippen LogP contribution in [0.25, 0.3) is 0 Å². The molecule has 0 aliphatic carbocycles. The van der Waals surface area contributed by atoms with E-state index in [4.69, 9.17) is 5.26 Å². The van der Waals surface area contributed by atoms with Gasteiger partial charge < -0.3 is 10.6 Å². The topological polar surface area (TPSA) is 82.0 Å². The Labute approximate surface area is 114 Å². The first kappa shape index (κ1) is 13.7. The first-order chi connectivity index (χ1) is 9.22. The summed E-state index contributed by atoms with van der Waals surface area (Å²) in [6, 6.07) is 10.8. The van der Waals surface area contributed by atoms with E-state index in [9.17, 15) is 9.00 Å². The zero-order valence-corrected chi connectivity index (χ0v) is 11.2. The van der Waals surface area contributed by atoms with E-state index < -0.39 is 10.8 Å². The van der Waals surface area contributed by atoms with Crippen LogP contribution in [0.15, 0.2) is 35.2 Å². The zero-order valence-electron chi connectivity index (χ0n) is 10.3. The molecule has 1 saturated heterocycles. The van der Waals surface area contributed by atoms with Gasteiger partial charge in [0.05, 0.1) is 28.2 Å². The Morgan fingerprint density at radius 1 is 1.47 bits per heavy atom. The van der Waals surface area contributed by atoms with Gasteiger partial charge in [0.15, 0.2) is 0 Å². The third-order valence-electron chi connectivity index (χ3n) is 3.03. The Morgan fingerprint density at radius 3 is 2.89 bits per heavy atom. The van der Waals surface area contributed by atoms with Crippen molar-refractivity contribution in [2.75, 3.05) is 13.1 Å². The molecule has 19 heavy (non-hydrogen) atoms. The van der Waals surface area contributed by atoms with Crippen LogP contribution in [0.3, 0.4) is 0 Å². The number of benzene rings is 1. The summed E-state index contributed by atoms with van der Waals surface area (Å²) in [7, 11) is -1.11. The van der Waals surface area contributed by atoms with Crippen LogP contribution in [0.4, 0.5) is 0 Å². The zero-order chi connectivity index (χ0) is 13.7. The largest absolute Gasteiger partial charge is 0.342 e. The Bertz CT molecular complexity index is 512. The molecule has 100 valence electrons. The highest BCUT2D eigenvalue weighted by Gasteiger charge is 2.33. The van der Waals surface area contributed by atoms with E-state index in [0.717, 1.165) is 4.90 Å². The molecule has 1 heterocycles. The monoisotopic (exact) mass is 277 g/mol. The van der Waals surface area contributed by atoms with Crippen LogP contribution >= 0.6 is 0 Å². The van der Waals surface area contributed by atoms with Gasteiger partial charge in [-0.1, -0.05) is 18.2 Å². The van der Waals surface area contributed by atoms with E-state index in [1.807, 2.05) is 36.4 Å². The van der Waals surface area contributed by atoms with Gasteiger partial charge in [-0.3, -0.25) is 9.00 Å². The van der Waals surface area contributed by atoms with Gasteiger partial charge in [0, 0.05) is 11.4 Å². The molecular weight excluding hydrogens is 262 g/mol. The van der Waals surface area contributed by atoms with Crippen molar-refractivity contribution in [1.82, 2.24) is 10.6 Å². The van der Waals surface area contributed by atoms with Gasteiger partial charge >= 0.3 is 0 Å². The average molecular weight is 277 g/mol. The van der Waals surface area contributed by atoms with Crippen LogP contribution in [-0.2, 0) is 15.6 Å². The second-order valence-corrected chi connectivity index (χ2v) is 6.04. The van der Waals surface area contributed by atoms with Gasteiger partial charge in [-0.15, -0.1) is 0 Å². The fourth-order valence-corrected chi connectivity index (χ4v) is 3.49. The maximum Gasteiger partial charge on any atom is 0.238 e. The van der Waals surface area contributed by atoms with Crippen molar-refractivity contribution in [3.8, 4) is 6.07 Å². The van der Waals surface area contributed by atoms with E-state index in [-0.39, 0.29) is 23.7 Å². The van der Waals surface area contributed by atoms with Crippen LogP contribution in [0.1, 0.15) is 6.42 Å². The van der Waals surface area contributed by atoms with E-state index in [2.05, 4.69) is 10.6 Å². The Hall–Kier alpha value is -1.71. The summed E-state index contributed by atoms with van der Waals surface area (Å²) in [6.07, 6.45) is 0.527. The van der Waals surface area contributed by atoms with Gasteiger partial charge in [0.1, 0.15) is 6.54 Å². The minimum atomic E-state index is -1.11. The van der Waals surface area contributed by atoms with Gasteiger partial charge in [-0.2, -0.15) is 5.26 Å².